The molecule has 0 spiro atoms. The number of amides is 1. The largest absolute Gasteiger partial charge is 0.507 e. The van der Waals surface area contributed by atoms with Gasteiger partial charge in [0.2, 0.25) is 0 Å². The molecule has 0 saturated carbocycles. The van der Waals surface area contributed by atoms with Gasteiger partial charge in [0.15, 0.2) is 0 Å². The first kappa shape index (κ1) is 26.7. The Balaban J connectivity index is 1.55. The fraction of sp³-hybridized carbons (Fsp3) is 0.182. The van der Waals surface area contributed by atoms with Crippen LogP contribution in [0.15, 0.2) is 109 Å². The smallest absolute Gasteiger partial charge is 0.295 e. The van der Waals surface area contributed by atoms with Crippen molar-refractivity contribution < 1.29 is 24.2 Å². The second-order valence-corrected chi connectivity index (χ2v) is 10.00. The molecule has 1 N–H and O–H groups in total. The average Bonchev–Trinajstić information content (AvgIpc) is 3.22. The van der Waals surface area contributed by atoms with E-state index < -0.39 is 17.7 Å². The van der Waals surface area contributed by atoms with Crippen molar-refractivity contribution >= 4 is 17.4 Å². The van der Waals surface area contributed by atoms with Crippen LogP contribution in [0.4, 0.5) is 0 Å². The third-order valence-electron chi connectivity index (χ3n) is 6.51. The molecule has 1 aliphatic rings. The number of carbonyl (C=O) groups is 2. The highest BCUT2D eigenvalue weighted by molar-refractivity contribution is 6.46. The van der Waals surface area contributed by atoms with Crippen molar-refractivity contribution in [3.05, 3.63) is 126 Å². The van der Waals surface area contributed by atoms with E-state index in [-0.39, 0.29) is 17.9 Å². The van der Waals surface area contributed by atoms with E-state index >= 15 is 0 Å². The number of benzene rings is 3. The van der Waals surface area contributed by atoms with Gasteiger partial charge in [-0.15, -0.1) is 0 Å². The molecule has 1 aliphatic heterocycles. The first-order chi connectivity index (χ1) is 19.4. The molecule has 0 aliphatic carbocycles. The fourth-order valence-corrected chi connectivity index (χ4v) is 4.57. The van der Waals surface area contributed by atoms with Gasteiger partial charge in [0, 0.05) is 24.5 Å². The lowest BCUT2D eigenvalue weighted by molar-refractivity contribution is -0.140. The van der Waals surface area contributed by atoms with Gasteiger partial charge in [0.05, 0.1) is 18.2 Å². The summed E-state index contributed by atoms with van der Waals surface area (Å²) in [6.07, 6.45) is 3.27. The van der Waals surface area contributed by atoms with Crippen LogP contribution < -0.4 is 9.47 Å². The summed E-state index contributed by atoms with van der Waals surface area (Å²) in [5, 5.41) is 11.4. The van der Waals surface area contributed by atoms with Crippen LogP contribution in [0.25, 0.3) is 5.76 Å². The predicted octanol–water partition coefficient (Wildman–Crippen LogP) is 6.53. The van der Waals surface area contributed by atoms with Crippen molar-refractivity contribution in [2.45, 2.75) is 26.4 Å². The van der Waals surface area contributed by atoms with E-state index in [2.05, 4.69) is 18.8 Å². The number of aromatic nitrogens is 1. The van der Waals surface area contributed by atoms with Gasteiger partial charge in [-0.2, -0.15) is 0 Å². The van der Waals surface area contributed by atoms with Crippen LogP contribution in [-0.2, 0) is 16.1 Å². The normalized spacial score (nSPS) is 16.4. The number of ether oxygens (including phenoxy) is 2. The monoisotopic (exact) mass is 534 g/mol. The maximum Gasteiger partial charge on any atom is 0.295 e. The van der Waals surface area contributed by atoms with Crippen molar-refractivity contribution in [2.24, 2.45) is 5.92 Å². The van der Waals surface area contributed by atoms with Gasteiger partial charge in [-0.3, -0.25) is 14.6 Å². The minimum atomic E-state index is -0.829. The number of aliphatic hydroxyl groups is 1. The summed E-state index contributed by atoms with van der Waals surface area (Å²) in [5.41, 5.74) is 1.89. The SMILES string of the molecule is CC(C)COc1ccc(/C(O)=C2/C(=O)C(=O)N(Cc3ccncc3)C2c2cccc(Oc3ccccc3)c2)cc1. The van der Waals surface area contributed by atoms with Gasteiger partial charge in [-0.25, -0.2) is 0 Å². The van der Waals surface area contributed by atoms with E-state index in [0.29, 0.717) is 40.9 Å². The van der Waals surface area contributed by atoms with Gasteiger partial charge in [0.1, 0.15) is 23.0 Å². The van der Waals surface area contributed by atoms with Crippen LogP contribution in [0.3, 0.4) is 0 Å². The number of para-hydroxylation sites is 1. The minimum Gasteiger partial charge on any atom is -0.507 e. The molecule has 1 saturated heterocycles. The average molecular weight is 535 g/mol. The summed E-state index contributed by atoms with van der Waals surface area (Å²) in [6, 6.07) is 26.2. The van der Waals surface area contributed by atoms with Crippen LogP contribution in [0.2, 0.25) is 0 Å². The Morgan fingerprint density at radius 1 is 0.875 bits per heavy atom. The van der Waals surface area contributed by atoms with Crippen molar-refractivity contribution in [3.8, 4) is 17.2 Å². The topological polar surface area (TPSA) is 89.0 Å². The highest BCUT2D eigenvalue weighted by Crippen LogP contribution is 2.41. The molecule has 7 heteroatoms. The number of hydrogen-bond donors (Lipinski definition) is 1. The Bertz CT molecular complexity index is 1520. The number of pyridine rings is 1. The zero-order valence-corrected chi connectivity index (χ0v) is 22.4. The van der Waals surface area contributed by atoms with Crippen molar-refractivity contribution in [1.82, 2.24) is 9.88 Å². The summed E-state index contributed by atoms with van der Waals surface area (Å²) >= 11 is 0. The number of hydrogen-bond acceptors (Lipinski definition) is 6. The molecule has 4 aromatic rings. The van der Waals surface area contributed by atoms with Crippen LogP contribution in [0, 0.1) is 5.92 Å². The Morgan fingerprint density at radius 3 is 2.27 bits per heavy atom. The third kappa shape index (κ3) is 5.89. The second kappa shape index (κ2) is 11.9. The van der Waals surface area contributed by atoms with Crippen molar-refractivity contribution in [1.29, 1.82) is 0 Å². The highest BCUT2D eigenvalue weighted by Gasteiger charge is 2.46. The van der Waals surface area contributed by atoms with E-state index in [0.717, 1.165) is 5.56 Å². The van der Waals surface area contributed by atoms with Gasteiger partial charge >= 0.3 is 0 Å². The first-order valence-electron chi connectivity index (χ1n) is 13.1. The maximum atomic E-state index is 13.4. The molecule has 7 nitrogen and oxygen atoms in total. The molecule has 0 radical (unpaired) electrons. The van der Waals surface area contributed by atoms with Gasteiger partial charge < -0.3 is 19.5 Å². The number of Topliss-reactive ketones (excluding diaryl/α,β-unsaturated/α-hetero) is 1. The molecule has 1 unspecified atom stereocenters. The van der Waals surface area contributed by atoms with E-state index in [1.807, 2.05) is 36.4 Å². The van der Waals surface area contributed by atoms with Crippen LogP contribution in [0.1, 0.15) is 36.6 Å². The van der Waals surface area contributed by atoms with Crippen LogP contribution in [-0.4, -0.2) is 33.3 Å². The molecule has 1 atom stereocenters. The fourth-order valence-electron chi connectivity index (χ4n) is 4.57. The molecule has 1 amide bonds. The Hall–Kier alpha value is -4.91. The number of aliphatic hydroxyl groups excluding tert-OH is 1. The summed E-state index contributed by atoms with van der Waals surface area (Å²) < 4.78 is 11.8. The highest BCUT2D eigenvalue weighted by atomic mass is 16.5. The molecular formula is C33H30N2O5. The second-order valence-electron chi connectivity index (χ2n) is 10.00. The lowest BCUT2D eigenvalue weighted by Gasteiger charge is -2.25. The molecular weight excluding hydrogens is 504 g/mol. The first-order valence-corrected chi connectivity index (χ1v) is 13.1. The Kier molecular flexibility index (Phi) is 7.92. The molecule has 3 aromatic carbocycles. The maximum absolute atomic E-state index is 13.4. The number of likely N-dealkylation sites (tertiary alicyclic amines) is 1. The van der Waals surface area contributed by atoms with Crippen LogP contribution >= 0.6 is 0 Å². The Labute approximate surface area is 233 Å². The van der Waals surface area contributed by atoms with Gasteiger partial charge in [-0.05, 0) is 77.7 Å². The summed E-state index contributed by atoms with van der Waals surface area (Å²) in [7, 11) is 0. The number of carbonyl (C=O) groups excluding carboxylic acids is 2. The molecule has 40 heavy (non-hydrogen) atoms. The Morgan fingerprint density at radius 2 is 1.57 bits per heavy atom. The van der Waals surface area contributed by atoms with E-state index in [1.165, 1.54) is 4.90 Å². The molecule has 1 aromatic heterocycles. The van der Waals surface area contributed by atoms with E-state index in [9.17, 15) is 14.7 Å². The number of rotatable bonds is 9. The molecule has 1 fully saturated rings. The number of nitrogens with zero attached hydrogens (tertiary/aromatic N) is 2. The van der Waals surface area contributed by atoms with E-state index in [4.69, 9.17) is 9.47 Å². The lowest BCUT2D eigenvalue weighted by Crippen LogP contribution is -2.29. The molecule has 5 rings (SSSR count). The summed E-state index contributed by atoms with van der Waals surface area (Å²) in [6.45, 7) is 4.85. The van der Waals surface area contributed by atoms with Crippen molar-refractivity contribution in [2.75, 3.05) is 6.61 Å². The zero-order chi connectivity index (χ0) is 28.1. The zero-order valence-electron chi connectivity index (χ0n) is 22.4. The lowest BCUT2D eigenvalue weighted by atomic mass is 9.95. The van der Waals surface area contributed by atoms with Crippen molar-refractivity contribution in [3.63, 3.8) is 0 Å². The van der Waals surface area contributed by atoms with Crippen LogP contribution in [0.5, 0.6) is 17.2 Å². The minimum absolute atomic E-state index is 0.0202. The number of ketones is 1. The molecule has 202 valence electrons. The third-order valence-corrected chi connectivity index (χ3v) is 6.51. The standard InChI is InChI=1S/C33H30N2O5/c1-22(2)21-39-26-13-11-24(12-14-26)31(36)29-30(35(33(38)32(29)37)20-23-15-17-34-18-16-23)25-7-6-10-28(19-25)40-27-8-4-3-5-9-27/h3-19,22,30,36H,20-21H2,1-2H3/b31-29-. The predicted molar refractivity (Wildman–Crippen MR) is 152 cm³/mol. The summed E-state index contributed by atoms with van der Waals surface area (Å²) in [4.78, 5) is 32.4. The summed E-state index contributed by atoms with van der Waals surface area (Å²) in [5.74, 6) is 0.554. The van der Waals surface area contributed by atoms with Gasteiger partial charge in [-0.1, -0.05) is 44.2 Å². The van der Waals surface area contributed by atoms with Gasteiger partial charge in [0.25, 0.3) is 11.7 Å². The quantitative estimate of drug-likeness (QED) is 0.149. The molecule has 2 heterocycles. The molecule has 0 bridgehead atoms. The van der Waals surface area contributed by atoms with E-state index in [1.54, 1.807) is 67.0 Å².